The van der Waals surface area contributed by atoms with E-state index in [1.165, 1.54) is 17.1 Å². The summed E-state index contributed by atoms with van der Waals surface area (Å²) in [4.78, 5) is 16.5. The molecule has 3 aliphatic heterocycles. The number of rotatable bonds is 9. The minimum atomic E-state index is -4.09. The monoisotopic (exact) mass is 715 g/mol. The normalized spacial score (nSPS) is 25.6. The highest BCUT2D eigenvalue weighted by atomic mass is 35.5. The third-order valence-corrected chi connectivity index (χ3v) is 12.9. The fourth-order valence-electron chi connectivity index (χ4n) is 8.31. The molecule has 4 aromatic carbocycles. The van der Waals surface area contributed by atoms with Gasteiger partial charge in [0.15, 0.2) is 0 Å². The minimum Gasteiger partial charge on any atom is -0.490 e. The summed E-state index contributed by atoms with van der Waals surface area (Å²) in [5.41, 5.74) is 6.33. The molecule has 0 spiro atoms. The average Bonchev–Trinajstić information content (AvgIpc) is 3.85. The summed E-state index contributed by atoms with van der Waals surface area (Å²) in [6.07, 6.45) is 7.57. The second kappa shape index (κ2) is 13.7. The second-order valence-corrected chi connectivity index (χ2v) is 16.4. The molecular weight excluding hydrogens is 674 g/mol. The molecule has 2 N–H and O–H groups in total. The molecule has 9 nitrogen and oxygen atoms in total. The van der Waals surface area contributed by atoms with Crippen LogP contribution in [-0.2, 0) is 14.8 Å². The Labute approximate surface area is 298 Å². The number of carbonyl (C=O) groups excluding carboxylic acids is 1. The van der Waals surface area contributed by atoms with Gasteiger partial charge in [0.2, 0.25) is 15.9 Å². The summed E-state index contributed by atoms with van der Waals surface area (Å²) in [6, 6.07) is 24.5. The van der Waals surface area contributed by atoms with Crippen LogP contribution in [0.4, 0.5) is 0 Å². The van der Waals surface area contributed by atoms with Gasteiger partial charge in [0, 0.05) is 30.6 Å². The molecule has 4 atom stereocenters. The summed E-state index contributed by atoms with van der Waals surface area (Å²) < 4.78 is 49.0. The molecule has 0 aromatic heterocycles. The van der Waals surface area contributed by atoms with Crippen LogP contribution in [0.2, 0.25) is 5.02 Å². The zero-order valence-electron chi connectivity index (χ0n) is 27.8. The molecule has 4 aliphatic rings. The first-order valence-electron chi connectivity index (χ1n) is 17.7. The largest absolute Gasteiger partial charge is 0.490 e. The van der Waals surface area contributed by atoms with E-state index in [1.807, 2.05) is 59.5 Å². The Balaban J connectivity index is 1.07. The Hall–Kier alpha value is -3.83. The number of sulfonamides is 1. The number of fused-ring (bicyclic) bond motifs is 3. The van der Waals surface area contributed by atoms with E-state index in [9.17, 15) is 13.2 Å². The number of carbonyl (C=O) groups is 1. The first kappa shape index (κ1) is 33.3. The molecule has 1 saturated carbocycles. The van der Waals surface area contributed by atoms with E-state index in [2.05, 4.69) is 0 Å². The Bertz CT molecular complexity index is 1970. The van der Waals surface area contributed by atoms with Gasteiger partial charge in [0.25, 0.3) is 0 Å². The van der Waals surface area contributed by atoms with Crippen molar-refractivity contribution in [3.63, 3.8) is 0 Å². The lowest BCUT2D eigenvalue weighted by Gasteiger charge is -2.40. The molecule has 262 valence electrons. The highest BCUT2D eigenvalue weighted by molar-refractivity contribution is 7.89. The summed E-state index contributed by atoms with van der Waals surface area (Å²) in [5, 5.41) is 2.10. The van der Waals surface area contributed by atoms with Crippen LogP contribution < -0.4 is 19.9 Å². The zero-order chi connectivity index (χ0) is 34.4. The van der Waals surface area contributed by atoms with Crippen LogP contribution in [0, 0.1) is 0 Å². The molecule has 1 aliphatic carbocycles. The fourth-order valence-corrected chi connectivity index (χ4v) is 10.1. The summed E-state index contributed by atoms with van der Waals surface area (Å²) in [6.45, 7) is 0.0190. The van der Waals surface area contributed by atoms with E-state index >= 15 is 0 Å². The van der Waals surface area contributed by atoms with Crippen molar-refractivity contribution >= 4 is 38.3 Å². The lowest BCUT2D eigenvalue weighted by atomic mass is 9.97. The first-order chi connectivity index (χ1) is 24.2. The number of piperidine rings is 1. The fraction of sp³-hybridized carbons (Fsp3) is 0.410. The van der Waals surface area contributed by atoms with Crippen LogP contribution in [0.25, 0.3) is 10.8 Å². The Morgan fingerprint density at radius 2 is 1.40 bits per heavy atom. The number of hydrogen-bond donors (Lipinski definition) is 1. The number of nitrogens with zero attached hydrogens (tertiary/aromatic N) is 2. The van der Waals surface area contributed by atoms with Crippen LogP contribution in [0.1, 0.15) is 57.8 Å². The van der Waals surface area contributed by atoms with Crippen molar-refractivity contribution in [1.29, 1.82) is 0 Å². The van der Waals surface area contributed by atoms with Gasteiger partial charge in [-0.1, -0.05) is 41.9 Å². The van der Waals surface area contributed by atoms with E-state index in [-0.39, 0.29) is 48.0 Å². The molecule has 3 heterocycles. The SMILES string of the molecule is NC1CC2CCC(C1)N2C(=O)[C@@H]1C[C@@H](Oc2ccc(Cl)c(Oc3ccccc3)c2)CN1S(=O)(=O)c1ccc2cc(OC3CCCC3)ccc2c1. The molecule has 4 fully saturated rings. The molecule has 0 radical (unpaired) electrons. The molecule has 2 unspecified atom stereocenters. The molecular formula is C39H42ClN3O6S. The van der Waals surface area contributed by atoms with Gasteiger partial charge in [-0.25, -0.2) is 8.42 Å². The van der Waals surface area contributed by atoms with E-state index in [0.29, 0.717) is 22.3 Å². The lowest BCUT2D eigenvalue weighted by molar-refractivity contribution is -0.139. The van der Waals surface area contributed by atoms with Crippen molar-refractivity contribution < 1.29 is 27.4 Å². The van der Waals surface area contributed by atoms with Crippen LogP contribution in [0.3, 0.4) is 0 Å². The number of hydrogen-bond acceptors (Lipinski definition) is 7. The van der Waals surface area contributed by atoms with Crippen molar-refractivity contribution in [2.24, 2.45) is 5.73 Å². The van der Waals surface area contributed by atoms with Crippen LogP contribution >= 0.6 is 11.6 Å². The predicted molar refractivity (Wildman–Crippen MR) is 192 cm³/mol. The van der Waals surface area contributed by atoms with Gasteiger partial charge in [-0.15, -0.1) is 0 Å². The molecule has 1 amide bonds. The third-order valence-electron chi connectivity index (χ3n) is 10.7. The van der Waals surface area contributed by atoms with Crippen molar-refractivity contribution in [2.75, 3.05) is 6.54 Å². The molecule has 4 aromatic rings. The number of amides is 1. The maximum Gasteiger partial charge on any atom is 0.243 e. The first-order valence-corrected chi connectivity index (χ1v) is 19.5. The molecule has 3 saturated heterocycles. The van der Waals surface area contributed by atoms with E-state index < -0.39 is 22.2 Å². The van der Waals surface area contributed by atoms with E-state index in [0.717, 1.165) is 55.0 Å². The van der Waals surface area contributed by atoms with Crippen LogP contribution in [-0.4, -0.2) is 66.5 Å². The van der Waals surface area contributed by atoms with Crippen molar-refractivity contribution in [3.8, 4) is 23.0 Å². The minimum absolute atomic E-state index is 0.0190. The summed E-state index contributed by atoms with van der Waals surface area (Å²) in [5.74, 6) is 2.14. The maximum atomic E-state index is 14.5. The maximum absolute atomic E-state index is 14.5. The van der Waals surface area contributed by atoms with Gasteiger partial charge >= 0.3 is 0 Å². The number of para-hydroxylation sites is 1. The zero-order valence-corrected chi connectivity index (χ0v) is 29.4. The molecule has 50 heavy (non-hydrogen) atoms. The van der Waals surface area contributed by atoms with Crippen LogP contribution in [0.5, 0.6) is 23.0 Å². The van der Waals surface area contributed by atoms with Gasteiger partial charge in [-0.3, -0.25) is 4.79 Å². The smallest absolute Gasteiger partial charge is 0.243 e. The van der Waals surface area contributed by atoms with Crippen molar-refractivity contribution in [3.05, 3.63) is 90.0 Å². The highest BCUT2D eigenvalue weighted by Gasteiger charge is 2.51. The Morgan fingerprint density at radius 3 is 2.16 bits per heavy atom. The lowest BCUT2D eigenvalue weighted by Crippen LogP contribution is -2.55. The van der Waals surface area contributed by atoms with Gasteiger partial charge in [-0.2, -0.15) is 4.31 Å². The molecule has 2 bridgehead atoms. The number of nitrogens with two attached hydrogens (primary N) is 1. The quantitative estimate of drug-likeness (QED) is 0.194. The predicted octanol–water partition coefficient (Wildman–Crippen LogP) is 7.30. The number of ether oxygens (including phenoxy) is 3. The second-order valence-electron chi connectivity index (χ2n) is 14.1. The van der Waals surface area contributed by atoms with E-state index in [1.54, 1.807) is 30.3 Å². The Morgan fingerprint density at radius 1 is 0.740 bits per heavy atom. The molecule has 11 heteroatoms. The number of halogens is 1. The highest BCUT2D eigenvalue weighted by Crippen LogP contribution is 2.40. The standard InChI is InChI=1S/C39H42ClN3O6S/c40-36-17-15-33(23-38(36)49-31-6-2-1-3-7-31)48-34-22-37(39(44)43-28-12-13-29(43)21-27(41)20-28)42(24-34)50(45,46)35-16-11-25-18-32(14-10-26(25)19-35)47-30-8-4-5-9-30/h1-3,6-7,10-11,14-19,23,27-30,34,37H,4-5,8-9,12-13,20-22,24,41H2/t27?,28?,29?,34-,37+/m1/s1. The van der Waals surface area contributed by atoms with Crippen molar-refractivity contribution in [1.82, 2.24) is 9.21 Å². The van der Waals surface area contributed by atoms with Gasteiger partial charge in [0.05, 0.1) is 22.6 Å². The van der Waals surface area contributed by atoms with E-state index in [4.69, 9.17) is 31.5 Å². The average molecular weight is 716 g/mol. The van der Waals surface area contributed by atoms with Crippen LogP contribution in [0.15, 0.2) is 89.8 Å². The van der Waals surface area contributed by atoms with Gasteiger partial charge < -0.3 is 24.8 Å². The van der Waals surface area contributed by atoms with Crippen molar-refractivity contribution in [2.45, 2.75) is 99.1 Å². The van der Waals surface area contributed by atoms with Gasteiger partial charge in [-0.05, 0) is 111 Å². The molecule has 8 rings (SSSR count). The Kier molecular flexibility index (Phi) is 9.14. The third kappa shape index (κ3) is 6.66. The topological polar surface area (TPSA) is 111 Å². The summed E-state index contributed by atoms with van der Waals surface area (Å²) in [7, 11) is -4.09. The number of benzene rings is 4. The van der Waals surface area contributed by atoms with Gasteiger partial charge in [0.1, 0.15) is 35.1 Å². The summed E-state index contributed by atoms with van der Waals surface area (Å²) >= 11 is 6.46.